The van der Waals surface area contributed by atoms with Crippen LogP contribution >= 0.6 is 0 Å². The van der Waals surface area contributed by atoms with Crippen LogP contribution in [0.1, 0.15) is 18.2 Å². The molecule has 1 aliphatic rings. The summed E-state index contributed by atoms with van der Waals surface area (Å²) in [6.45, 7) is 4.53. The number of nitrogens with zero attached hydrogens (tertiary/aromatic N) is 3. The highest BCUT2D eigenvalue weighted by Gasteiger charge is 2.43. The Morgan fingerprint density at radius 1 is 1.24 bits per heavy atom. The van der Waals surface area contributed by atoms with Crippen LogP contribution in [-0.2, 0) is 21.4 Å². The van der Waals surface area contributed by atoms with Crippen molar-refractivity contribution in [2.24, 2.45) is 0 Å². The molecular formula is C20H25N3O5S. The fourth-order valence-electron chi connectivity index (χ4n) is 3.35. The summed E-state index contributed by atoms with van der Waals surface area (Å²) in [6.07, 6.45) is 1.71. The molecular weight excluding hydrogens is 394 g/mol. The van der Waals surface area contributed by atoms with Gasteiger partial charge in [-0.05, 0) is 51.2 Å². The van der Waals surface area contributed by atoms with E-state index in [4.69, 9.17) is 4.74 Å². The molecule has 0 spiro atoms. The van der Waals surface area contributed by atoms with Crippen LogP contribution in [-0.4, -0.2) is 65.9 Å². The van der Waals surface area contributed by atoms with Crippen LogP contribution in [0, 0.1) is 6.92 Å². The lowest BCUT2D eigenvalue weighted by atomic mass is 10.1. The fraction of sp³-hybridized carbons (Fsp3) is 0.400. The van der Waals surface area contributed by atoms with Gasteiger partial charge in [-0.25, -0.2) is 8.42 Å². The Kier molecular flexibility index (Phi) is 6.21. The molecule has 0 bridgehead atoms. The van der Waals surface area contributed by atoms with Gasteiger partial charge in [0.05, 0.1) is 4.90 Å². The number of carboxylic acid groups (broad SMARTS) is 1. The third-order valence-electron chi connectivity index (χ3n) is 5.33. The quantitative estimate of drug-likeness (QED) is 0.761. The van der Waals surface area contributed by atoms with E-state index >= 15 is 0 Å². The Hall–Kier alpha value is -2.49. The molecule has 2 atom stereocenters. The molecule has 2 heterocycles. The predicted octanol–water partition coefficient (Wildman–Crippen LogP) is 1.75. The van der Waals surface area contributed by atoms with Gasteiger partial charge in [0.1, 0.15) is 18.4 Å². The zero-order valence-electron chi connectivity index (χ0n) is 16.6. The van der Waals surface area contributed by atoms with Crippen LogP contribution in [0.15, 0.2) is 47.5 Å². The Morgan fingerprint density at radius 2 is 1.93 bits per heavy atom. The summed E-state index contributed by atoms with van der Waals surface area (Å²) in [5.74, 6) is -0.631. The van der Waals surface area contributed by atoms with E-state index in [-0.39, 0.29) is 11.4 Å². The van der Waals surface area contributed by atoms with Gasteiger partial charge in [-0.15, -0.1) is 0 Å². The van der Waals surface area contributed by atoms with Gasteiger partial charge in [-0.2, -0.15) is 4.31 Å². The van der Waals surface area contributed by atoms with Gasteiger partial charge in [0, 0.05) is 36.6 Å². The lowest BCUT2D eigenvalue weighted by Gasteiger charge is -2.41. The molecule has 29 heavy (non-hydrogen) atoms. The molecule has 9 heteroatoms. The summed E-state index contributed by atoms with van der Waals surface area (Å²) in [7, 11) is -2.15. The molecule has 0 amide bonds. The number of aryl methyl sites for hydroxylation is 1. The molecule has 1 N–H and O–H groups in total. The van der Waals surface area contributed by atoms with Crippen LogP contribution in [0.5, 0.6) is 5.75 Å². The smallest absolute Gasteiger partial charge is 0.323 e. The molecule has 3 rings (SSSR count). The van der Waals surface area contributed by atoms with Crippen molar-refractivity contribution in [3.63, 3.8) is 0 Å². The number of rotatable bonds is 6. The second-order valence-corrected chi connectivity index (χ2v) is 9.02. The van der Waals surface area contributed by atoms with Crippen LogP contribution in [0.3, 0.4) is 0 Å². The number of carboxylic acids is 1. The standard InChI is InChI=1S/C20H25N3O5S/c1-14-16(5-4-10-21-14)13-28-17-6-8-18(9-7-17)29(26,27)23-12-11-22(3)15(2)19(23)20(24)25/h4-10,15,19H,11-13H2,1-3H3,(H,24,25). The van der Waals surface area contributed by atoms with Gasteiger partial charge in [0.25, 0.3) is 0 Å². The average molecular weight is 420 g/mol. The van der Waals surface area contributed by atoms with Crippen molar-refractivity contribution in [2.45, 2.75) is 37.4 Å². The van der Waals surface area contributed by atoms with E-state index < -0.39 is 28.1 Å². The maximum atomic E-state index is 13.1. The van der Waals surface area contributed by atoms with Crippen molar-refractivity contribution in [2.75, 3.05) is 20.1 Å². The first kappa shape index (κ1) is 21.2. The first-order valence-corrected chi connectivity index (χ1v) is 10.7. The summed E-state index contributed by atoms with van der Waals surface area (Å²) in [5, 5.41) is 9.59. The van der Waals surface area contributed by atoms with Gasteiger partial charge < -0.3 is 14.7 Å². The zero-order chi connectivity index (χ0) is 21.2. The summed E-state index contributed by atoms with van der Waals surface area (Å²) >= 11 is 0. The summed E-state index contributed by atoms with van der Waals surface area (Å²) in [4.78, 5) is 17.8. The summed E-state index contributed by atoms with van der Waals surface area (Å²) < 4.78 is 33.0. The van der Waals surface area contributed by atoms with Gasteiger partial charge in [0.15, 0.2) is 0 Å². The first-order valence-electron chi connectivity index (χ1n) is 9.30. The largest absolute Gasteiger partial charge is 0.489 e. The Labute approximate surface area is 170 Å². The maximum Gasteiger partial charge on any atom is 0.323 e. The molecule has 1 aromatic heterocycles. The van der Waals surface area contributed by atoms with E-state index in [1.54, 1.807) is 32.3 Å². The van der Waals surface area contributed by atoms with Crippen LogP contribution in [0.25, 0.3) is 0 Å². The zero-order valence-corrected chi connectivity index (χ0v) is 17.5. The highest BCUT2D eigenvalue weighted by atomic mass is 32.2. The van der Waals surface area contributed by atoms with E-state index in [1.165, 1.54) is 12.1 Å². The first-order chi connectivity index (χ1) is 13.7. The number of piperazine rings is 1. The van der Waals surface area contributed by atoms with Gasteiger partial charge in [-0.3, -0.25) is 9.78 Å². The predicted molar refractivity (Wildman–Crippen MR) is 107 cm³/mol. The van der Waals surface area contributed by atoms with E-state index in [0.29, 0.717) is 18.9 Å². The molecule has 1 saturated heterocycles. The number of sulfonamides is 1. The van der Waals surface area contributed by atoms with Crippen molar-refractivity contribution in [3.05, 3.63) is 53.9 Å². The molecule has 1 aliphatic heterocycles. The third kappa shape index (κ3) is 4.42. The molecule has 2 unspecified atom stereocenters. The minimum absolute atomic E-state index is 0.0467. The Bertz CT molecular complexity index is 978. The number of likely N-dealkylation sites (N-methyl/N-ethyl adjacent to an activating group) is 1. The number of aromatic nitrogens is 1. The fourth-order valence-corrected chi connectivity index (χ4v) is 4.99. The monoisotopic (exact) mass is 419 g/mol. The van der Waals surface area contributed by atoms with Crippen LogP contribution < -0.4 is 4.74 Å². The van der Waals surface area contributed by atoms with Crippen molar-refractivity contribution >= 4 is 16.0 Å². The van der Waals surface area contributed by atoms with Gasteiger partial charge in [0.2, 0.25) is 10.0 Å². The number of carbonyl (C=O) groups is 1. The summed E-state index contributed by atoms with van der Waals surface area (Å²) in [5.41, 5.74) is 1.82. The number of ether oxygens (including phenoxy) is 1. The van der Waals surface area contributed by atoms with Gasteiger partial charge in [-0.1, -0.05) is 6.07 Å². The van der Waals surface area contributed by atoms with E-state index in [1.807, 2.05) is 24.0 Å². The average Bonchev–Trinajstić information content (AvgIpc) is 2.69. The van der Waals surface area contributed by atoms with E-state index in [2.05, 4.69) is 4.98 Å². The topological polar surface area (TPSA) is 100 Å². The normalized spacial score (nSPS) is 21.1. The lowest BCUT2D eigenvalue weighted by Crippen LogP contribution is -2.61. The summed E-state index contributed by atoms with van der Waals surface area (Å²) in [6, 6.07) is 8.23. The van der Waals surface area contributed by atoms with Gasteiger partial charge >= 0.3 is 5.97 Å². The Balaban J connectivity index is 1.77. The molecule has 1 aromatic carbocycles. The van der Waals surface area contributed by atoms with E-state index in [0.717, 1.165) is 15.6 Å². The number of benzene rings is 1. The Morgan fingerprint density at radius 3 is 2.55 bits per heavy atom. The lowest BCUT2D eigenvalue weighted by molar-refractivity contribution is -0.145. The third-order valence-corrected chi connectivity index (χ3v) is 7.22. The SMILES string of the molecule is Cc1ncccc1COc1ccc(S(=O)(=O)N2CCN(C)C(C)C2C(=O)O)cc1. The van der Waals surface area contributed by atoms with Crippen LogP contribution in [0.4, 0.5) is 0 Å². The minimum atomic E-state index is -3.94. The molecule has 0 radical (unpaired) electrons. The molecule has 0 saturated carbocycles. The highest BCUT2D eigenvalue weighted by molar-refractivity contribution is 7.89. The molecule has 2 aromatic rings. The molecule has 0 aliphatic carbocycles. The highest BCUT2D eigenvalue weighted by Crippen LogP contribution is 2.26. The maximum absolute atomic E-state index is 13.1. The van der Waals surface area contributed by atoms with Crippen molar-refractivity contribution in [1.29, 1.82) is 0 Å². The van der Waals surface area contributed by atoms with Crippen molar-refractivity contribution in [3.8, 4) is 5.75 Å². The number of hydrogen-bond donors (Lipinski definition) is 1. The van der Waals surface area contributed by atoms with E-state index in [9.17, 15) is 18.3 Å². The molecule has 156 valence electrons. The number of pyridine rings is 1. The van der Waals surface area contributed by atoms with Crippen molar-refractivity contribution in [1.82, 2.24) is 14.2 Å². The second-order valence-electron chi connectivity index (χ2n) is 7.13. The van der Waals surface area contributed by atoms with Crippen molar-refractivity contribution < 1.29 is 23.1 Å². The van der Waals surface area contributed by atoms with Crippen LogP contribution in [0.2, 0.25) is 0 Å². The number of hydrogen-bond acceptors (Lipinski definition) is 6. The second kappa shape index (κ2) is 8.48. The number of aliphatic carboxylic acids is 1. The molecule has 1 fully saturated rings. The minimum Gasteiger partial charge on any atom is -0.489 e. The molecule has 8 nitrogen and oxygen atoms in total.